The highest BCUT2D eigenvalue weighted by molar-refractivity contribution is 7.15. The van der Waals surface area contributed by atoms with E-state index in [4.69, 9.17) is 4.15 Å². The first-order chi connectivity index (χ1) is 12.2. The van der Waals surface area contributed by atoms with Gasteiger partial charge in [-0.1, -0.05) is 41.7 Å². The fourth-order valence-corrected chi connectivity index (χ4v) is 2.96. The lowest BCUT2D eigenvalue weighted by Crippen LogP contribution is -2.38. The van der Waals surface area contributed by atoms with Crippen LogP contribution in [0.4, 0.5) is 18.3 Å². The predicted molar refractivity (Wildman–Crippen MR) is 83.3 cm³/mol. The van der Waals surface area contributed by atoms with Crippen molar-refractivity contribution < 1.29 is 17.3 Å². The van der Waals surface area contributed by atoms with Crippen molar-refractivity contribution >= 4 is 16.5 Å². The van der Waals surface area contributed by atoms with Crippen LogP contribution in [0, 0.1) is 0 Å². The number of hydrogen-bond donors (Lipinski definition) is 1. The summed E-state index contributed by atoms with van der Waals surface area (Å²) < 4.78 is 62.6. The highest BCUT2D eigenvalue weighted by Gasteiger charge is 2.36. The van der Waals surface area contributed by atoms with E-state index >= 15 is 0 Å². The van der Waals surface area contributed by atoms with E-state index in [0.717, 1.165) is 10.9 Å². The van der Waals surface area contributed by atoms with Gasteiger partial charge in [-0.3, -0.25) is 4.90 Å². The molecule has 2 heterocycles. The van der Waals surface area contributed by atoms with Crippen molar-refractivity contribution in [2.45, 2.75) is 31.6 Å². The largest absolute Gasteiger partial charge is 0.445 e. The van der Waals surface area contributed by atoms with Crippen molar-refractivity contribution in [2.24, 2.45) is 0 Å². The molecule has 0 saturated carbocycles. The first kappa shape index (κ1) is 12.7. The molecule has 1 N–H and O–H groups in total. The fourth-order valence-electron chi connectivity index (χ4n) is 2.31. The molecule has 1 atom stereocenters. The first-order valence-corrected chi connectivity index (χ1v) is 7.96. The summed E-state index contributed by atoms with van der Waals surface area (Å²) in [6, 6.07) is 8.93. The second-order valence-corrected chi connectivity index (χ2v) is 6.18. The Labute approximate surface area is 140 Å². The monoisotopic (exact) mass is 345 g/mol. The second kappa shape index (κ2) is 6.84. The lowest BCUT2D eigenvalue weighted by atomic mass is 10.0. The van der Waals surface area contributed by atoms with Crippen LogP contribution in [0.25, 0.3) is 0 Å². The molecule has 0 aliphatic carbocycles. The van der Waals surface area contributed by atoms with E-state index in [1.807, 2.05) is 30.3 Å². The molecular weight excluding hydrogens is 325 g/mol. The van der Waals surface area contributed by atoms with Crippen molar-refractivity contribution in [3.63, 3.8) is 0 Å². The highest BCUT2D eigenvalue weighted by atomic mass is 32.1. The number of nitrogens with one attached hydrogen (secondary N) is 1. The number of piperidine rings is 1. The van der Waals surface area contributed by atoms with Gasteiger partial charge in [0.2, 0.25) is 10.1 Å². The van der Waals surface area contributed by atoms with Gasteiger partial charge in [-0.05, 0) is 18.4 Å². The Hall–Kier alpha value is -1.67. The van der Waals surface area contributed by atoms with Crippen molar-refractivity contribution in [2.75, 3.05) is 18.4 Å². The van der Waals surface area contributed by atoms with Gasteiger partial charge in [0.15, 0.2) is 1.41 Å². The van der Waals surface area contributed by atoms with Gasteiger partial charge in [0.05, 0.1) is 0 Å². The molecular formula is C15H17F3N4S. The number of halogens is 3. The van der Waals surface area contributed by atoms with E-state index in [2.05, 4.69) is 10.2 Å². The van der Waals surface area contributed by atoms with Gasteiger partial charge in [-0.2, -0.15) is 13.2 Å². The molecule has 1 aliphatic rings. The molecule has 124 valence electrons. The molecule has 1 saturated heterocycles. The van der Waals surface area contributed by atoms with Gasteiger partial charge < -0.3 is 5.31 Å². The summed E-state index contributed by atoms with van der Waals surface area (Å²) in [6.45, 7) is -0.835. The van der Waals surface area contributed by atoms with Gasteiger partial charge in [0.1, 0.15) is 0 Å². The molecule has 1 unspecified atom stereocenters. The van der Waals surface area contributed by atoms with E-state index in [9.17, 15) is 13.2 Å². The maximum Gasteiger partial charge on any atom is 0.445 e. The van der Waals surface area contributed by atoms with Crippen LogP contribution >= 0.6 is 11.3 Å². The van der Waals surface area contributed by atoms with E-state index < -0.39 is 23.7 Å². The minimum absolute atomic E-state index is 0.00423. The van der Waals surface area contributed by atoms with Gasteiger partial charge in [0, 0.05) is 28.4 Å². The third-order valence-electron chi connectivity index (χ3n) is 3.45. The van der Waals surface area contributed by atoms with Crippen LogP contribution in [0.5, 0.6) is 0 Å². The summed E-state index contributed by atoms with van der Waals surface area (Å²) in [5.74, 6) is 0. The molecule has 2 aromatic rings. The minimum Gasteiger partial charge on any atom is -0.357 e. The maximum absolute atomic E-state index is 12.6. The summed E-state index contributed by atoms with van der Waals surface area (Å²) in [5.41, 5.74) is 0.983. The smallest absolute Gasteiger partial charge is 0.357 e. The zero-order valence-corrected chi connectivity index (χ0v) is 12.9. The molecule has 3 rings (SSSR count). The Morgan fingerprint density at radius 1 is 1.30 bits per heavy atom. The fraction of sp³-hybridized carbons (Fsp3) is 0.467. The maximum atomic E-state index is 12.6. The number of anilines is 1. The first-order valence-electron chi connectivity index (χ1n) is 8.59. The van der Waals surface area contributed by atoms with Crippen LogP contribution in [-0.2, 0) is 12.7 Å². The van der Waals surface area contributed by atoms with Crippen LogP contribution < -0.4 is 5.31 Å². The Balaban J connectivity index is 1.67. The Bertz CT molecular complexity index is 741. The number of hydrogen-bond acceptors (Lipinski definition) is 5. The average Bonchev–Trinajstić information content (AvgIpc) is 3.07. The van der Waals surface area contributed by atoms with E-state index in [-0.39, 0.29) is 11.6 Å². The summed E-state index contributed by atoms with van der Waals surface area (Å²) in [4.78, 5) is 1.69. The second-order valence-electron chi connectivity index (χ2n) is 5.23. The Morgan fingerprint density at radius 2 is 2.09 bits per heavy atom. The zero-order chi connectivity index (χ0) is 18.9. The third-order valence-corrected chi connectivity index (χ3v) is 4.32. The van der Waals surface area contributed by atoms with Crippen LogP contribution in [-0.4, -0.2) is 34.2 Å². The summed E-state index contributed by atoms with van der Waals surface area (Å²) in [5, 5.41) is 6.12. The Morgan fingerprint density at radius 3 is 2.74 bits per heavy atom. The molecule has 0 bridgehead atoms. The zero-order valence-electron chi connectivity index (χ0n) is 15.1. The standard InChI is InChI=1S/C15H17F3N4S/c16-15(17,18)13-20-21-14(23-13)19-12-6-8-22(9-7-12)10-11-4-2-1-3-5-11/h1-5,12H,6-10H2,(H,19,21)/i8D2/hD. The van der Waals surface area contributed by atoms with E-state index in [0.29, 0.717) is 30.8 Å². The molecule has 0 amide bonds. The quantitative estimate of drug-likeness (QED) is 0.919. The van der Waals surface area contributed by atoms with E-state index in [1.54, 1.807) is 4.90 Å². The van der Waals surface area contributed by atoms with Crippen molar-refractivity contribution in [1.29, 1.82) is 0 Å². The molecule has 0 radical (unpaired) electrons. The normalized spacial score (nSPS) is 23.8. The summed E-state index contributed by atoms with van der Waals surface area (Å²) in [6.07, 6.45) is -4.13. The lowest BCUT2D eigenvalue weighted by molar-refractivity contribution is -0.138. The van der Waals surface area contributed by atoms with Crippen molar-refractivity contribution in [1.82, 2.24) is 15.1 Å². The third kappa shape index (κ3) is 4.42. The molecule has 1 aromatic carbocycles. The van der Waals surface area contributed by atoms with Gasteiger partial charge in [-0.25, -0.2) is 0 Å². The molecule has 1 aliphatic heterocycles. The lowest BCUT2D eigenvalue weighted by Gasteiger charge is -2.32. The number of nitrogens with zero attached hydrogens (tertiary/aromatic N) is 3. The number of rotatable bonds is 4. The average molecular weight is 345 g/mol. The van der Waals surface area contributed by atoms with E-state index in [1.165, 1.54) is 0 Å². The molecule has 23 heavy (non-hydrogen) atoms. The molecule has 1 fully saturated rings. The number of benzene rings is 1. The van der Waals surface area contributed by atoms with Crippen LogP contribution in [0.3, 0.4) is 0 Å². The van der Waals surface area contributed by atoms with Crippen LogP contribution in [0.2, 0.25) is 1.41 Å². The van der Waals surface area contributed by atoms with Crippen molar-refractivity contribution in [3.8, 4) is 0 Å². The van der Waals surface area contributed by atoms with Crippen LogP contribution in [0.15, 0.2) is 30.3 Å². The van der Waals surface area contributed by atoms with Gasteiger partial charge >= 0.3 is 6.18 Å². The molecule has 1 aromatic heterocycles. The highest BCUT2D eigenvalue weighted by Crippen LogP contribution is 2.33. The number of alkyl halides is 3. The number of aromatic nitrogens is 2. The minimum atomic E-state index is -4.59. The number of likely N-dealkylation sites (tertiary alicyclic amines) is 1. The van der Waals surface area contributed by atoms with Crippen molar-refractivity contribution in [3.05, 3.63) is 40.9 Å². The molecule has 0 spiro atoms. The topological polar surface area (TPSA) is 41.1 Å². The molecule has 4 nitrogen and oxygen atoms in total. The van der Waals surface area contributed by atoms with Crippen LogP contribution in [0.1, 0.15) is 26.2 Å². The summed E-state index contributed by atoms with van der Waals surface area (Å²) in [7, 11) is 0. The molecule has 8 heteroatoms. The Kier molecular flexibility index (Phi) is 3.78. The van der Waals surface area contributed by atoms with Gasteiger partial charge in [-0.15, -0.1) is 10.2 Å². The summed E-state index contributed by atoms with van der Waals surface area (Å²) >= 11 is 0.300. The van der Waals surface area contributed by atoms with Gasteiger partial charge in [0.25, 0.3) is 0 Å². The SMILES string of the molecule is [2H]N(c1nnc(C(F)(F)F)s1)C1CCN(Cc2ccccc2)C([2H])([2H])C1. The predicted octanol–water partition coefficient (Wildman–Crippen LogP) is 3.63.